The van der Waals surface area contributed by atoms with Gasteiger partial charge in [-0.25, -0.2) is 0 Å². The van der Waals surface area contributed by atoms with Crippen LogP contribution in [-0.4, -0.2) is 42.3 Å². The summed E-state index contributed by atoms with van der Waals surface area (Å²) in [5.41, 5.74) is 4.16. The SMILES string of the molecule is O=C(CSc1nnc2n(Cc3ccccc3)c(=O)c3ccccc3n12)N1CCc2ccccc2C1. The minimum atomic E-state index is -0.107. The van der Waals surface area contributed by atoms with Gasteiger partial charge in [0.15, 0.2) is 5.16 Å². The second-order valence-corrected chi connectivity index (χ2v) is 9.58. The Balaban J connectivity index is 1.32. The maximum Gasteiger partial charge on any atom is 0.263 e. The van der Waals surface area contributed by atoms with Crippen molar-refractivity contribution in [3.05, 3.63) is 106 Å². The van der Waals surface area contributed by atoms with Crippen molar-refractivity contribution in [3.63, 3.8) is 0 Å². The molecule has 0 bridgehead atoms. The Labute approximate surface area is 206 Å². The molecule has 0 saturated heterocycles. The van der Waals surface area contributed by atoms with E-state index in [1.54, 1.807) is 4.57 Å². The standard InChI is InChI=1S/C27H23N5O2S/c33-24(30-15-14-20-10-4-5-11-21(20)17-30)18-35-27-29-28-26-31(16-19-8-2-1-3-9-19)25(34)22-12-6-7-13-23(22)32(26)27/h1-13H,14-18H2. The van der Waals surface area contributed by atoms with E-state index in [1.165, 1.54) is 22.9 Å². The fourth-order valence-electron chi connectivity index (χ4n) is 4.66. The summed E-state index contributed by atoms with van der Waals surface area (Å²) in [7, 11) is 0. The minimum Gasteiger partial charge on any atom is -0.337 e. The lowest BCUT2D eigenvalue weighted by Crippen LogP contribution is -2.37. The molecule has 174 valence electrons. The lowest BCUT2D eigenvalue weighted by Gasteiger charge is -2.28. The van der Waals surface area contributed by atoms with Crippen molar-refractivity contribution in [2.75, 3.05) is 12.3 Å². The Kier molecular flexibility index (Phi) is 5.58. The van der Waals surface area contributed by atoms with E-state index in [9.17, 15) is 9.59 Å². The molecular weight excluding hydrogens is 458 g/mol. The molecule has 1 aliphatic heterocycles. The van der Waals surface area contributed by atoms with E-state index in [1.807, 2.05) is 76.0 Å². The molecular formula is C27H23N5O2S. The Bertz CT molecular complexity index is 1610. The van der Waals surface area contributed by atoms with Crippen LogP contribution in [0.5, 0.6) is 0 Å². The summed E-state index contributed by atoms with van der Waals surface area (Å²) < 4.78 is 3.54. The van der Waals surface area contributed by atoms with Crippen LogP contribution in [-0.2, 0) is 24.3 Å². The first-order chi connectivity index (χ1) is 17.2. The van der Waals surface area contributed by atoms with Crippen LogP contribution in [0.15, 0.2) is 88.8 Å². The number of fused-ring (bicyclic) bond motifs is 4. The third-order valence-corrected chi connectivity index (χ3v) is 7.38. The smallest absolute Gasteiger partial charge is 0.263 e. The average molecular weight is 482 g/mol. The second-order valence-electron chi connectivity index (χ2n) is 8.63. The maximum atomic E-state index is 13.3. The molecule has 0 aliphatic carbocycles. The molecule has 5 aromatic rings. The minimum absolute atomic E-state index is 0.0724. The molecule has 0 saturated carbocycles. The van der Waals surface area contributed by atoms with Gasteiger partial charge in [-0.1, -0.05) is 78.5 Å². The highest BCUT2D eigenvalue weighted by Gasteiger charge is 2.22. The normalized spacial score (nSPS) is 13.3. The van der Waals surface area contributed by atoms with Gasteiger partial charge in [-0.05, 0) is 35.2 Å². The number of aromatic nitrogens is 4. The molecule has 0 spiro atoms. The maximum absolute atomic E-state index is 13.3. The van der Waals surface area contributed by atoms with Crippen molar-refractivity contribution >= 4 is 34.3 Å². The molecule has 0 radical (unpaired) electrons. The highest BCUT2D eigenvalue weighted by atomic mass is 32.2. The Morgan fingerprint density at radius 1 is 0.886 bits per heavy atom. The predicted molar refractivity (Wildman–Crippen MR) is 137 cm³/mol. The summed E-state index contributed by atoms with van der Waals surface area (Å²) in [4.78, 5) is 28.3. The summed E-state index contributed by atoms with van der Waals surface area (Å²) >= 11 is 1.36. The van der Waals surface area contributed by atoms with E-state index in [2.05, 4.69) is 22.3 Å². The van der Waals surface area contributed by atoms with Crippen molar-refractivity contribution in [1.82, 2.24) is 24.1 Å². The van der Waals surface area contributed by atoms with Gasteiger partial charge in [-0.3, -0.25) is 18.6 Å². The molecule has 0 unspecified atom stereocenters. The van der Waals surface area contributed by atoms with Gasteiger partial charge in [0.2, 0.25) is 11.7 Å². The molecule has 2 aromatic heterocycles. The lowest BCUT2D eigenvalue weighted by atomic mass is 10.00. The molecule has 6 rings (SSSR count). The molecule has 35 heavy (non-hydrogen) atoms. The zero-order valence-electron chi connectivity index (χ0n) is 19.0. The van der Waals surface area contributed by atoms with Gasteiger partial charge in [0.05, 0.1) is 23.2 Å². The largest absolute Gasteiger partial charge is 0.337 e. The van der Waals surface area contributed by atoms with Crippen molar-refractivity contribution in [3.8, 4) is 0 Å². The van der Waals surface area contributed by atoms with E-state index < -0.39 is 0 Å². The summed E-state index contributed by atoms with van der Waals surface area (Å²) in [6, 6.07) is 25.6. The average Bonchev–Trinajstić information content (AvgIpc) is 3.34. The number of nitrogens with zero attached hydrogens (tertiary/aromatic N) is 5. The van der Waals surface area contributed by atoms with Crippen LogP contribution in [0.1, 0.15) is 16.7 Å². The number of benzene rings is 3. The Morgan fingerprint density at radius 3 is 2.49 bits per heavy atom. The van der Waals surface area contributed by atoms with Gasteiger partial charge in [0, 0.05) is 13.1 Å². The predicted octanol–water partition coefficient (Wildman–Crippen LogP) is 3.77. The van der Waals surface area contributed by atoms with Gasteiger partial charge < -0.3 is 4.90 Å². The van der Waals surface area contributed by atoms with Crippen molar-refractivity contribution in [1.29, 1.82) is 0 Å². The van der Waals surface area contributed by atoms with Gasteiger partial charge in [0.25, 0.3) is 5.56 Å². The van der Waals surface area contributed by atoms with Crippen LogP contribution in [0.25, 0.3) is 16.7 Å². The first-order valence-electron chi connectivity index (χ1n) is 11.6. The second kappa shape index (κ2) is 9.03. The number of carbonyl (C=O) groups is 1. The molecule has 3 aromatic carbocycles. The molecule has 0 fully saturated rings. The zero-order chi connectivity index (χ0) is 23.8. The molecule has 0 atom stereocenters. The van der Waals surface area contributed by atoms with Crippen LogP contribution in [0.4, 0.5) is 0 Å². The zero-order valence-corrected chi connectivity index (χ0v) is 19.8. The van der Waals surface area contributed by atoms with E-state index >= 15 is 0 Å². The Hall–Kier alpha value is -3.91. The van der Waals surface area contributed by atoms with Gasteiger partial charge in [-0.15, -0.1) is 10.2 Å². The summed E-state index contributed by atoms with van der Waals surface area (Å²) in [5.74, 6) is 0.803. The number of rotatable bonds is 5. The fraction of sp³-hybridized carbons (Fsp3) is 0.185. The monoisotopic (exact) mass is 481 g/mol. The van der Waals surface area contributed by atoms with E-state index in [4.69, 9.17) is 0 Å². The molecule has 8 heteroatoms. The molecule has 0 N–H and O–H groups in total. The van der Waals surface area contributed by atoms with E-state index in [0.717, 1.165) is 24.0 Å². The third-order valence-electron chi connectivity index (χ3n) is 6.47. The van der Waals surface area contributed by atoms with Gasteiger partial charge >= 0.3 is 0 Å². The van der Waals surface area contributed by atoms with Crippen LogP contribution < -0.4 is 5.56 Å². The van der Waals surface area contributed by atoms with E-state index in [-0.39, 0.29) is 17.2 Å². The number of para-hydroxylation sites is 1. The van der Waals surface area contributed by atoms with Gasteiger partial charge in [0.1, 0.15) is 0 Å². The topological polar surface area (TPSA) is 72.5 Å². The van der Waals surface area contributed by atoms with Gasteiger partial charge in [-0.2, -0.15) is 0 Å². The van der Waals surface area contributed by atoms with Crippen molar-refractivity contribution in [2.45, 2.75) is 24.7 Å². The van der Waals surface area contributed by atoms with Crippen LogP contribution in [0, 0.1) is 0 Å². The first kappa shape index (κ1) is 21.6. The van der Waals surface area contributed by atoms with Crippen LogP contribution in [0.2, 0.25) is 0 Å². The third kappa shape index (κ3) is 4.00. The first-order valence-corrected chi connectivity index (χ1v) is 12.6. The summed E-state index contributed by atoms with van der Waals surface area (Å²) in [6.45, 7) is 1.75. The lowest BCUT2D eigenvalue weighted by molar-refractivity contribution is -0.129. The fourth-order valence-corrected chi connectivity index (χ4v) is 5.50. The van der Waals surface area contributed by atoms with Crippen LogP contribution in [0.3, 0.4) is 0 Å². The van der Waals surface area contributed by atoms with Crippen molar-refractivity contribution < 1.29 is 4.79 Å². The molecule has 3 heterocycles. The molecule has 1 amide bonds. The quantitative estimate of drug-likeness (QED) is 0.358. The van der Waals surface area contributed by atoms with Crippen LogP contribution >= 0.6 is 11.8 Å². The van der Waals surface area contributed by atoms with E-state index in [0.29, 0.717) is 29.4 Å². The summed E-state index contributed by atoms with van der Waals surface area (Å²) in [5, 5.41) is 9.96. The Morgan fingerprint density at radius 2 is 1.63 bits per heavy atom. The molecule has 7 nitrogen and oxygen atoms in total. The number of amides is 1. The highest BCUT2D eigenvalue weighted by Crippen LogP contribution is 2.24. The number of hydrogen-bond donors (Lipinski definition) is 0. The van der Waals surface area contributed by atoms with Crippen molar-refractivity contribution in [2.24, 2.45) is 0 Å². The highest BCUT2D eigenvalue weighted by molar-refractivity contribution is 7.99. The number of hydrogen-bond acceptors (Lipinski definition) is 5. The molecule has 1 aliphatic rings. The number of thioether (sulfide) groups is 1. The summed E-state index contributed by atoms with van der Waals surface area (Å²) in [6.07, 6.45) is 0.872. The number of carbonyl (C=O) groups excluding carboxylic acids is 1.